The van der Waals surface area contributed by atoms with E-state index in [4.69, 9.17) is 0 Å². The first kappa shape index (κ1) is 8.56. The summed E-state index contributed by atoms with van der Waals surface area (Å²) in [5.74, 6) is 0. The lowest BCUT2D eigenvalue weighted by Crippen LogP contribution is -2.07. The Morgan fingerprint density at radius 3 is 2.85 bits per heavy atom. The van der Waals surface area contributed by atoms with Crippen LogP contribution in [-0.4, -0.2) is 16.0 Å². The van der Waals surface area contributed by atoms with Crippen molar-refractivity contribution in [1.29, 1.82) is 0 Å². The number of rotatable bonds is 1. The second-order valence-electron chi connectivity index (χ2n) is 2.96. The molecule has 4 heteroatoms. The van der Waals surface area contributed by atoms with E-state index in [-0.39, 0.29) is 5.50 Å². The molecule has 0 amide bonds. The fourth-order valence-electron chi connectivity index (χ4n) is 1.30. The van der Waals surface area contributed by atoms with Crippen LogP contribution < -0.4 is 0 Å². The quantitative estimate of drug-likeness (QED) is 0.685. The molecule has 0 aliphatic carbocycles. The van der Waals surface area contributed by atoms with Crippen LogP contribution in [0, 0.1) is 13.8 Å². The second kappa shape index (κ2) is 3.38. The van der Waals surface area contributed by atoms with Crippen molar-refractivity contribution >= 4 is 18.0 Å². The van der Waals surface area contributed by atoms with Crippen molar-refractivity contribution in [2.75, 3.05) is 0 Å². The van der Waals surface area contributed by atoms with Crippen molar-refractivity contribution < 1.29 is 0 Å². The maximum atomic E-state index is 4.38. The standard InChI is InChI=1S/C9H11N3S/c1-7-6-8(2)12(11-7)9-10-4-3-5-13-9/h3-6,9H,1-2H3. The maximum absolute atomic E-state index is 4.38. The van der Waals surface area contributed by atoms with Crippen molar-refractivity contribution in [2.24, 2.45) is 4.99 Å². The molecule has 0 fully saturated rings. The number of hydrogen-bond donors (Lipinski definition) is 0. The van der Waals surface area contributed by atoms with E-state index in [9.17, 15) is 0 Å². The Kier molecular flexibility index (Phi) is 2.22. The van der Waals surface area contributed by atoms with E-state index in [1.54, 1.807) is 11.8 Å². The van der Waals surface area contributed by atoms with Crippen LogP contribution in [0.4, 0.5) is 0 Å². The molecule has 0 saturated carbocycles. The van der Waals surface area contributed by atoms with Gasteiger partial charge >= 0.3 is 0 Å². The minimum absolute atomic E-state index is 0.0821. The fourth-order valence-corrected chi connectivity index (χ4v) is 2.07. The van der Waals surface area contributed by atoms with Crippen molar-refractivity contribution in [3.05, 3.63) is 28.9 Å². The summed E-state index contributed by atoms with van der Waals surface area (Å²) in [5, 5.41) is 6.42. The van der Waals surface area contributed by atoms with Crippen molar-refractivity contribution in [1.82, 2.24) is 9.78 Å². The molecule has 13 heavy (non-hydrogen) atoms. The molecule has 1 atom stereocenters. The van der Waals surface area contributed by atoms with Gasteiger partial charge in [0.1, 0.15) is 0 Å². The van der Waals surface area contributed by atoms with Gasteiger partial charge in [-0.3, -0.25) is 4.99 Å². The smallest absolute Gasteiger partial charge is 0.192 e. The molecule has 2 rings (SSSR count). The lowest BCUT2D eigenvalue weighted by Gasteiger charge is -2.13. The molecule has 3 nitrogen and oxygen atoms in total. The van der Waals surface area contributed by atoms with Crippen LogP contribution in [0.2, 0.25) is 0 Å². The topological polar surface area (TPSA) is 30.2 Å². The molecule has 0 spiro atoms. The Hall–Kier alpha value is -1.03. The highest BCUT2D eigenvalue weighted by Gasteiger charge is 2.12. The van der Waals surface area contributed by atoms with Gasteiger partial charge in [-0.25, -0.2) is 4.68 Å². The van der Waals surface area contributed by atoms with Gasteiger partial charge in [-0.2, -0.15) is 5.10 Å². The number of aliphatic imine (C=N–C) groups is 1. The summed E-state index contributed by atoms with van der Waals surface area (Å²) in [6.07, 6.45) is 3.75. The zero-order valence-electron chi connectivity index (χ0n) is 7.64. The van der Waals surface area contributed by atoms with E-state index in [0.29, 0.717) is 0 Å². The van der Waals surface area contributed by atoms with Crippen LogP contribution in [0.3, 0.4) is 0 Å². The first-order valence-corrected chi connectivity index (χ1v) is 5.08. The van der Waals surface area contributed by atoms with Gasteiger partial charge in [0, 0.05) is 11.9 Å². The van der Waals surface area contributed by atoms with Crippen LogP contribution in [0.25, 0.3) is 0 Å². The van der Waals surface area contributed by atoms with Crippen LogP contribution in [0.1, 0.15) is 16.9 Å². The van der Waals surface area contributed by atoms with Gasteiger partial charge in [0.2, 0.25) is 0 Å². The average Bonchev–Trinajstić information content (AvgIpc) is 2.47. The first-order chi connectivity index (χ1) is 6.27. The Balaban J connectivity index is 2.30. The van der Waals surface area contributed by atoms with Crippen LogP contribution in [-0.2, 0) is 0 Å². The highest BCUT2D eigenvalue weighted by Crippen LogP contribution is 2.28. The minimum Gasteiger partial charge on any atom is -0.256 e. The molecule has 1 aromatic rings. The number of aromatic nitrogens is 2. The number of thioether (sulfide) groups is 1. The molecule has 0 N–H and O–H groups in total. The molecule has 1 unspecified atom stereocenters. The average molecular weight is 193 g/mol. The summed E-state index contributed by atoms with van der Waals surface area (Å²) in [5.41, 5.74) is 2.28. The summed E-state index contributed by atoms with van der Waals surface area (Å²) in [4.78, 5) is 4.33. The van der Waals surface area contributed by atoms with E-state index in [0.717, 1.165) is 11.4 Å². The molecule has 2 heterocycles. The van der Waals surface area contributed by atoms with Gasteiger partial charge in [0.15, 0.2) is 5.50 Å². The third kappa shape index (κ3) is 1.67. The number of aryl methyl sites for hydroxylation is 2. The lowest BCUT2D eigenvalue weighted by atomic mass is 10.4. The van der Waals surface area contributed by atoms with Gasteiger partial charge in [-0.1, -0.05) is 11.8 Å². The zero-order chi connectivity index (χ0) is 9.26. The maximum Gasteiger partial charge on any atom is 0.192 e. The summed E-state index contributed by atoms with van der Waals surface area (Å²) < 4.78 is 1.94. The van der Waals surface area contributed by atoms with Gasteiger partial charge < -0.3 is 0 Å². The third-order valence-corrected chi connectivity index (χ3v) is 2.71. The molecular weight excluding hydrogens is 182 g/mol. The zero-order valence-corrected chi connectivity index (χ0v) is 8.45. The van der Waals surface area contributed by atoms with Gasteiger partial charge in [-0.05, 0) is 31.4 Å². The predicted octanol–water partition coefficient (Wildman–Crippen LogP) is 2.29. The van der Waals surface area contributed by atoms with Gasteiger partial charge in [0.05, 0.1) is 5.69 Å². The molecule has 1 aromatic heterocycles. The first-order valence-electron chi connectivity index (χ1n) is 4.14. The van der Waals surface area contributed by atoms with Crippen LogP contribution in [0.15, 0.2) is 22.5 Å². The van der Waals surface area contributed by atoms with E-state index in [1.165, 1.54) is 0 Å². The summed E-state index contributed by atoms with van der Waals surface area (Å²) >= 11 is 1.67. The van der Waals surface area contributed by atoms with Crippen molar-refractivity contribution in [3.8, 4) is 0 Å². The Morgan fingerprint density at radius 1 is 1.46 bits per heavy atom. The summed E-state index contributed by atoms with van der Waals surface area (Å²) in [7, 11) is 0. The predicted molar refractivity (Wildman–Crippen MR) is 56.0 cm³/mol. The van der Waals surface area contributed by atoms with Crippen molar-refractivity contribution in [2.45, 2.75) is 19.3 Å². The highest BCUT2D eigenvalue weighted by atomic mass is 32.2. The fraction of sp³-hybridized carbons (Fsp3) is 0.333. The van der Waals surface area contributed by atoms with Crippen LogP contribution >= 0.6 is 11.8 Å². The van der Waals surface area contributed by atoms with Crippen LogP contribution in [0.5, 0.6) is 0 Å². The largest absolute Gasteiger partial charge is 0.256 e. The molecule has 0 radical (unpaired) electrons. The monoisotopic (exact) mass is 193 g/mol. The van der Waals surface area contributed by atoms with E-state index in [1.807, 2.05) is 29.3 Å². The molecular formula is C9H11N3S. The van der Waals surface area contributed by atoms with E-state index in [2.05, 4.69) is 23.1 Å². The lowest BCUT2D eigenvalue weighted by molar-refractivity contribution is 0.603. The molecule has 0 saturated heterocycles. The SMILES string of the molecule is Cc1cc(C)n(C2N=CC=CS2)n1. The summed E-state index contributed by atoms with van der Waals surface area (Å²) in [6.45, 7) is 4.05. The van der Waals surface area contributed by atoms with E-state index < -0.39 is 0 Å². The van der Waals surface area contributed by atoms with Gasteiger partial charge in [-0.15, -0.1) is 0 Å². The Morgan fingerprint density at radius 2 is 2.31 bits per heavy atom. The number of hydrogen-bond acceptors (Lipinski definition) is 3. The second-order valence-corrected chi connectivity index (χ2v) is 3.93. The van der Waals surface area contributed by atoms with Gasteiger partial charge in [0.25, 0.3) is 0 Å². The Bertz CT molecular complexity index is 365. The third-order valence-electron chi connectivity index (χ3n) is 1.83. The Labute approximate surface area is 81.6 Å². The molecule has 0 bridgehead atoms. The van der Waals surface area contributed by atoms with E-state index >= 15 is 0 Å². The highest BCUT2D eigenvalue weighted by molar-refractivity contribution is 8.02. The molecule has 1 aliphatic heterocycles. The number of nitrogens with zero attached hydrogens (tertiary/aromatic N) is 3. The molecule has 68 valence electrons. The normalized spacial score (nSPS) is 20.9. The summed E-state index contributed by atoms with van der Waals surface area (Å²) in [6, 6.07) is 2.06. The molecule has 1 aliphatic rings. The number of allylic oxidation sites excluding steroid dienone is 1. The van der Waals surface area contributed by atoms with Crippen molar-refractivity contribution in [3.63, 3.8) is 0 Å². The molecule has 0 aromatic carbocycles. The minimum atomic E-state index is 0.0821.